The van der Waals surface area contributed by atoms with Gasteiger partial charge in [-0.2, -0.15) is 0 Å². The van der Waals surface area contributed by atoms with Gasteiger partial charge in [0.2, 0.25) is 0 Å². The van der Waals surface area contributed by atoms with Crippen LogP contribution < -0.4 is 9.79 Å². The predicted molar refractivity (Wildman–Crippen MR) is 43.0 cm³/mol. The first-order chi connectivity index (χ1) is 5.04. The average Bonchev–Trinajstić information content (AvgIpc) is 1.85. The van der Waals surface area contributed by atoms with Crippen molar-refractivity contribution in [1.82, 2.24) is 0 Å². The molecule has 2 atom stereocenters. The average molecular weight is 259 g/mol. The van der Waals surface area contributed by atoms with Crippen molar-refractivity contribution >= 4 is 65.8 Å². The zero-order valence-corrected chi connectivity index (χ0v) is 10.8. The van der Waals surface area contributed by atoms with Crippen LogP contribution in [0.4, 0.5) is 0 Å². The smallest absolute Gasteiger partial charge is 0.563 e. The molecule has 0 amide bonds. The zero-order chi connectivity index (χ0) is 9.28. The summed E-state index contributed by atoms with van der Waals surface area (Å²) >= 11 is 5.07. The number of hydrogen-bond acceptors (Lipinski definition) is 5. The predicted octanol–water partition coefficient (Wildman–Crippen LogP) is 0.0688. The molecule has 0 aromatic rings. The fraction of sp³-hybridized carbons (Fsp3) is 0.333. The molecule has 0 heterocycles. The van der Waals surface area contributed by atoms with E-state index in [1.54, 1.807) is 6.08 Å². The number of rotatable bonds is 3. The molecule has 0 aliphatic heterocycles. The molecular weight excluding hydrogens is 254 g/mol. The van der Waals surface area contributed by atoms with Crippen molar-refractivity contribution in [2.24, 2.45) is 0 Å². The van der Waals surface area contributed by atoms with E-state index in [1.807, 2.05) is 0 Å². The molecule has 0 rings (SSSR count). The minimum atomic E-state index is -3.24. The van der Waals surface area contributed by atoms with Gasteiger partial charge in [0.05, 0.1) is 0 Å². The first kappa shape index (κ1) is 19.0. The van der Waals surface area contributed by atoms with Crippen LogP contribution in [-0.4, -0.2) is 43.6 Å². The Hall–Kier alpha value is 1.37. The Morgan fingerprint density at radius 1 is 1.42 bits per heavy atom. The summed E-state index contributed by atoms with van der Waals surface area (Å²) in [5, 5.41) is 0. The van der Waals surface area contributed by atoms with Gasteiger partial charge in [0.1, 0.15) is 4.31 Å². The van der Waals surface area contributed by atoms with E-state index in [1.165, 1.54) is 0 Å². The number of allylic oxidation sites excluding steroid dienone is 1. The molecule has 0 saturated carbocycles. The Kier molecular flexibility index (Phi) is 23.6. The number of hydrogen-bond donors (Lipinski definition) is 0. The maximum Gasteiger partial charge on any atom is 2.00 e. The molecule has 0 aromatic carbocycles. The van der Waals surface area contributed by atoms with E-state index < -0.39 is 16.5 Å². The van der Waals surface area contributed by atoms with Gasteiger partial charge >= 0.3 is 54.2 Å². The van der Waals surface area contributed by atoms with E-state index in [-0.39, 0.29) is 37.7 Å². The Morgan fingerprint density at radius 2 is 1.67 bits per heavy atom. The third-order valence-corrected chi connectivity index (χ3v) is 1.53. The molecule has 0 aliphatic rings. The van der Waals surface area contributed by atoms with E-state index in [4.69, 9.17) is 11.6 Å². The van der Waals surface area contributed by atoms with E-state index in [2.05, 4.69) is 10.9 Å². The summed E-state index contributed by atoms with van der Waals surface area (Å²) in [5.41, 5.74) is 0. The quantitative estimate of drug-likeness (QED) is 0.309. The fourth-order valence-corrected chi connectivity index (χ4v) is 0.490. The van der Waals surface area contributed by atoms with Crippen LogP contribution in [-0.2, 0) is 13.4 Å². The summed E-state index contributed by atoms with van der Waals surface area (Å²) in [6.07, 6.45) is 1.64. The Labute approximate surface area is 107 Å². The molecule has 0 N–H and O–H groups in total. The SMILES string of the molecule is C=CCCl.O=[P+]([O-])O[P+](=O)[O-].[Ca+2]. The van der Waals surface area contributed by atoms with Crippen LogP contribution in [0.5, 0.6) is 0 Å². The second-order valence-electron chi connectivity index (χ2n) is 0.972. The van der Waals surface area contributed by atoms with Crippen molar-refractivity contribution in [2.75, 3.05) is 5.88 Å². The summed E-state index contributed by atoms with van der Waals surface area (Å²) in [5.74, 6) is 0.556. The molecule has 9 heteroatoms. The summed E-state index contributed by atoms with van der Waals surface area (Å²) in [6, 6.07) is 0. The summed E-state index contributed by atoms with van der Waals surface area (Å²) < 4.78 is 21.6. The van der Waals surface area contributed by atoms with Gasteiger partial charge in [0.25, 0.3) is 0 Å². The number of alkyl halides is 1. The van der Waals surface area contributed by atoms with Crippen LogP contribution in [0.15, 0.2) is 12.7 Å². The second-order valence-corrected chi connectivity index (χ2v) is 2.83. The van der Waals surface area contributed by atoms with Crippen molar-refractivity contribution in [2.45, 2.75) is 0 Å². The maximum absolute atomic E-state index is 9.24. The van der Waals surface area contributed by atoms with Crippen LogP contribution >= 0.6 is 28.1 Å². The molecule has 0 aliphatic carbocycles. The van der Waals surface area contributed by atoms with Crippen LogP contribution in [0.25, 0.3) is 0 Å². The van der Waals surface area contributed by atoms with Gasteiger partial charge in [0.15, 0.2) is 0 Å². The molecule has 5 nitrogen and oxygen atoms in total. The van der Waals surface area contributed by atoms with E-state index in [0.29, 0.717) is 5.88 Å². The van der Waals surface area contributed by atoms with E-state index in [0.717, 1.165) is 0 Å². The van der Waals surface area contributed by atoms with Gasteiger partial charge in [-0.1, -0.05) is 6.08 Å². The molecule has 0 fully saturated rings. The van der Waals surface area contributed by atoms with Gasteiger partial charge in [-0.15, -0.1) is 18.2 Å². The van der Waals surface area contributed by atoms with Crippen LogP contribution in [0.1, 0.15) is 0 Å². The topological polar surface area (TPSA) is 89.5 Å². The van der Waals surface area contributed by atoms with Crippen molar-refractivity contribution in [3.63, 3.8) is 0 Å². The Bertz CT molecular complexity index is 142. The van der Waals surface area contributed by atoms with Gasteiger partial charge in [-0.25, -0.2) is 0 Å². The molecular formula is C3H5CaClO5P2+2. The standard InChI is InChI=1S/C3H5Cl.Ca.O5P2/c1-2-3-4;;1-6(2)5-7(3)4/h2H,1,3H2;;/q;+2;. The fourth-order valence-electron chi connectivity index (χ4n) is 0.0544. The largest absolute Gasteiger partial charge is 2.00 e. The monoisotopic (exact) mass is 258 g/mol. The van der Waals surface area contributed by atoms with Crippen molar-refractivity contribution in [3.05, 3.63) is 12.7 Å². The molecule has 12 heavy (non-hydrogen) atoms. The molecule has 0 radical (unpaired) electrons. The van der Waals surface area contributed by atoms with E-state index >= 15 is 0 Å². The molecule has 64 valence electrons. The second kappa shape index (κ2) is 14.9. The molecule has 0 aromatic heterocycles. The third kappa shape index (κ3) is 30.1. The molecule has 0 bridgehead atoms. The Morgan fingerprint density at radius 3 is 1.67 bits per heavy atom. The summed E-state index contributed by atoms with van der Waals surface area (Å²) in [6.45, 7) is 3.35. The first-order valence-corrected chi connectivity index (χ1v) is 4.90. The van der Waals surface area contributed by atoms with Crippen molar-refractivity contribution in [3.8, 4) is 0 Å². The van der Waals surface area contributed by atoms with Crippen molar-refractivity contribution in [1.29, 1.82) is 0 Å². The number of halogens is 1. The molecule has 0 spiro atoms. The minimum absolute atomic E-state index is 0. The molecule has 0 saturated heterocycles. The van der Waals surface area contributed by atoms with Gasteiger partial charge in [-0.05, 0) is 9.13 Å². The summed E-state index contributed by atoms with van der Waals surface area (Å²) in [7, 11) is -6.47. The van der Waals surface area contributed by atoms with Gasteiger partial charge in [0, 0.05) is 5.88 Å². The third-order valence-electron chi connectivity index (χ3n) is 0.242. The zero-order valence-electron chi connectivity index (χ0n) is 6.01. The van der Waals surface area contributed by atoms with Gasteiger partial charge < -0.3 is 9.79 Å². The maximum atomic E-state index is 9.24. The van der Waals surface area contributed by atoms with E-state index in [9.17, 15) is 18.9 Å². The minimum Gasteiger partial charge on any atom is -0.563 e. The first-order valence-electron chi connectivity index (χ1n) is 2.18. The summed E-state index contributed by atoms with van der Waals surface area (Å²) in [4.78, 5) is 18.5. The van der Waals surface area contributed by atoms with Crippen LogP contribution in [0.3, 0.4) is 0 Å². The molecule has 2 unspecified atom stereocenters. The van der Waals surface area contributed by atoms with Crippen molar-refractivity contribution < 1.29 is 23.2 Å². The Balaban J connectivity index is -0.000000142. The normalized spacial score (nSPS) is 9.92. The van der Waals surface area contributed by atoms with Crippen LogP contribution in [0.2, 0.25) is 0 Å². The van der Waals surface area contributed by atoms with Gasteiger partial charge in [-0.3, -0.25) is 0 Å². The van der Waals surface area contributed by atoms with Crippen LogP contribution in [0, 0.1) is 0 Å².